The third kappa shape index (κ3) is 3.40. The molecule has 1 aliphatic carbocycles. The Balaban J connectivity index is 1.75. The second-order valence-corrected chi connectivity index (χ2v) is 7.61. The number of piperazine rings is 1. The van der Waals surface area contributed by atoms with Gasteiger partial charge in [0, 0.05) is 6.54 Å². The lowest BCUT2D eigenvalue weighted by Gasteiger charge is -2.47. The molecule has 0 bridgehead atoms. The van der Waals surface area contributed by atoms with E-state index >= 15 is 0 Å². The molecule has 0 aromatic carbocycles. The van der Waals surface area contributed by atoms with Crippen LogP contribution in [-0.2, 0) is 20.9 Å². The Morgan fingerprint density at radius 3 is 2.73 bits per heavy atom. The van der Waals surface area contributed by atoms with Crippen molar-refractivity contribution in [2.24, 2.45) is 0 Å². The first-order chi connectivity index (χ1) is 12.5. The number of imide groups is 1. The Kier molecular flexibility index (Phi) is 5.45. The van der Waals surface area contributed by atoms with Crippen LogP contribution in [0.5, 0.6) is 0 Å². The lowest BCUT2D eigenvalue weighted by molar-refractivity contribution is -0.158. The molecule has 0 radical (unpaired) electrons. The first-order valence-electron chi connectivity index (χ1n) is 8.76. The Bertz CT molecular complexity index is 739. The molecule has 1 saturated carbocycles. The number of aromatic nitrogens is 3. The lowest BCUT2D eigenvalue weighted by Crippen LogP contribution is -2.69. The average Bonchev–Trinajstić information content (AvgIpc) is 2.97. The molecular weight excluding hydrogens is 354 g/mol. The van der Waals surface area contributed by atoms with Crippen molar-refractivity contribution in [2.75, 3.05) is 12.3 Å². The summed E-state index contributed by atoms with van der Waals surface area (Å²) < 4.78 is 1.87. The standard InChI is InChI=1S/C17H23N5O3S/c1-3-9-21-12(2)19-20-16(21)26-11-14(24)22-10-13(23)18-15(25)17(22)7-5-4-6-8-17/h3H,1,4-11H2,2H3,(H,18,23,25). The zero-order valence-corrected chi connectivity index (χ0v) is 15.7. The predicted octanol–water partition coefficient (Wildman–Crippen LogP) is 1.05. The summed E-state index contributed by atoms with van der Waals surface area (Å²) in [4.78, 5) is 38.8. The van der Waals surface area contributed by atoms with Crippen LogP contribution in [0, 0.1) is 6.92 Å². The number of carbonyl (C=O) groups is 3. The quantitative estimate of drug-likeness (QED) is 0.468. The maximum Gasteiger partial charge on any atom is 0.252 e. The van der Waals surface area contributed by atoms with E-state index < -0.39 is 11.4 Å². The van der Waals surface area contributed by atoms with Crippen LogP contribution in [0.1, 0.15) is 37.9 Å². The van der Waals surface area contributed by atoms with Crippen LogP contribution in [0.15, 0.2) is 17.8 Å². The number of allylic oxidation sites excluding steroid dienone is 1. The molecule has 1 aromatic rings. The number of hydrogen-bond acceptors (Lipinski definition) is 6. The van der Waals surface area contributed by atoms with Crippen LogP contribution in [0.25, 0.3) is 0 Å². The molecule has 3 rings (SSSR count). The fourth-order valence-electron chi connectivity index (χ4n) is 3.67. The first kappa shape index (κ1) is 18.6. The van der Waals surface area contributed by atoms with Crippen molar-refractivity contribution in [2.45, 2.75) is 56.3 Å². The largest absolute Gasteiger partial charge is 0.318 e. The maximum atomic E-state index is 12.9. The molecule has 1 spiro atoms. The number of nitrogens with zero attached hydrogens (tertiary/aromatic N) is 4. The van der Waals surface area contributed by atoms with E-state index in [2.05, 4.69) is 22.1 Å². The van der Waals surface area contributed by atoms with Gasteiger partial charge in [-0.25, -0.2) is 0 Å². The molecule has 0 atom stereocenters. The summed E-state index contributed by atoms with van der Waals surface area (Å²) in [5.41, 5.74) is -0.880. The molecule has 3 amide bonds. The van der Waals surface area contributed by atoms with Crippen molar-refractivity contribution in [1.82, 2.24) is 25.0 Å². The smallest absolute Gasteiger partial charge is 0.252 e. The number of aryl methyl sites for hydroxylation is 1. The molecule has 1 aliphatic heterocycles. The fraction of sp³-hybridized carbons (Fsp3) is 0.588. The van der Waals surface area contributed by atoms with Gasteiger partial charge in [-0.15, -0.1) is 16.8 Å². The zero-order chi connectivity index (χ0) is 18.7. The summed E-state index contributed by atoms with van der Waals surface area (Å²) in [5, 5.41) is 11.2. The van der Waals surface area contributed by atoms with E-state index in [1.54, 1.807) is 6.08 Å². The van der Waals surface area contributed by atoms with Crippen molar-refractivity contribution < 1.29 is 14.4 Å². The van der Waals surface area contributed by atoms with E-state index in [0.29, 0.717) is 24.5 Å². The van der Waals surface area contributed by atoms with E-state index in [9.17, 15) is 14.4 Å². The highest BCUT2D eigenvalue weighted by Crippen LogP contribution is 2.36. The first-order valence-corrected chi connectivity index (χ1v) is 9.75. The lowest BCUT2D eigenvalue weighted by atomic mass is 9.78. The highest BCUT2D eigenvalue weighted by molar-refractivity contribution is 7.99. The Morgan fingerprint density at radius 2 is 2.04 bits per heavy atom. The van der Waals surface area contributed by atoms with Gasteiger partial charge in [0.25, 0.3) is 5.91 Å². The van der Waals surface area contributed by atoms with Gasteiger partial charge >= 0.3 is 0 Å². The second kappa shape index (κ2) is 7.61. The summed E-state index contributed by atoms with van der Waals surface area (Å²) in [6.45, 7) is 6.05. The SMILES string of the molecule is C=CCn1c(C)nnc1SCC(=O)N1CC(=O)NC(=O)C12CCCCC2. The molecule has 8 nitrogen and oxygen atoms in total. The van der Waals surface area contributed by atoms with Crippen LogP contribution in [0.3, 0.4) is 0 Å². The van der Waals surface area contributed by atoms with Crippen LogP contribution in [-0.4, -0.2) is 55.2 Å². The van der Waals surface area contributed by atoms with Crippen molar-refractivity contribution in [3.8, 4) is 0 Å². The third-order valence-electron chi connectivity index (χ3n) is 5.01. The number of hydrogen-bond donors (Lipinski definition) is 1. The Morgan fingerprint density at radius 1 is 1.31 bits per heavy atom. The van der Waals surface area contributed by atoms with Gasteiger partial charge in [-0.05, 0) is 19.8 Å². The molecule has 1 aromatic heterocycles. The number of rotatable bonds is 5. The molecule has 2 fully saturated rings. The summed E-state index contributed by atoms with van der Waals surface area (Å²) >= 11 is 1.27. The van der Waals surface area contributed by atoms with Gasteiger partial charge in [0.15, 0.2) is 5.16 Å². The van der Waals surface area contributed by atoms with Crippen molar-refractivity contribution in [3.05, 3.63) is 18.5 Å². The summed E-state index contributed by atoms with van der Waals surface area (Å²) in [6, 6.07) is 0. The summed E-state index contributed by atoms with van der Waals surface area (Å²) in [6.07, 6.45) is 5.76. The molecule has 140 valence electrons. The zero-order valence-electron chi connectivity index (χ0n) is 14.9. The van der Waals surface area contributed by atoms with Crippen molar-refractivity contribution >= 4 is 29.5 Å². The monoisotopic (exact) mass is 377 g/mol. The van der Waals surface area contributed by atoms with Gasteiger partial charge in [0.05, 0.1) is 5.75 Å². The maximum absolute atomic E-state index is 12.9. The predicted molar refractivity (Wildman–Crippen MR) is 96.4 cm³/mol. The van der Waals surface area contributed by atoms with Gasteiger partial charge in [-0.1, -0.05) is 37.1 Å². The Labute approximate surface area is 156 Å². The molecule has 0 unspecified atom stereocenters. The molecular formula is C17H23N5O3S. The molecule has 26 heavy (non-hydrogen) atoms. The van der Waals surface area contributed by atoms with E-state index in [-0.39, 0.29) is 24.1 Å². The van der Waals surface area contributed by atoms with Gasteiger partial charge in [0.1, 0.15) is 17.9 Å². The topological polar surface area (TPSA) is 97.2 Å². The van der Waals surface area contributed by atoms with E-state index in [1.165, 1.54) is 16.7 Å². The molecule has 2 heterocycles. The van der Waals surface area contributed by atoms with Crippen LogP contribution >= 0.6 is 11.8 Å². The van der Waals surface area contributed by atoms with Crippen LogP contribution in [0.2, 0.25) is 0 Å². The minimum absolute atomic E-state index is 0.0660. The Hall–Kier alpha value is -2.16. The average molecular weight is 377 g/mol. The molecule has 2 aliphatic rings. The van der Waals surface area contributed by atoms with Gasteiger partial charge < -0.3 is 9.47 Å². The number of carbonyl (C=O) groups excluding carboxylic acids is 3. The van der Waals surface area contributed by atoms with Crippen molar-refractivity contribution in [1.29, 1.82) is 0 Å². The fourth-order valence-corrected chi connectivity index (χ4v) is 4.54. The molecule has 9 heteroatoms. The number of thioether (sulfide) groups is 1. The third-order valence-corrected chi connectivity index (χ3v) is 5.97. The number of amides is 3. The van der Waals surface area contributed by atoms with Crippen molar-refractivity contribution in [3.63, 3.8) is 0 Å². The van der Waals surface area contributed by atoms with E-state index in [0.717, 1.165) is 25.1 Å². The molecule has 1 N–H and O–H groups in total. The highest BCUT2D eigenvalue weighted by Gasteiger charge is 2.50. The minimum atomic E-state index is -0.880. The van der Waals surface area contributed by atoms with Gasteiger partial charge in [0.2, 0.25) is 11.8 Å². The van der Waals surface area contributed by atoms with Gasteiger partial charge in [-0.2, -0.15) is 0 Å². The van der Waals surface area contributed by atoms with E-state index in [1.807, 2.05) is 11.5 Å². The highest BCUT2D eigenvalue weighted by atomic mass is 32.2. The van der Waals surface area contributed by atoms with Gasteiger partial charge in [-0.3, -0.25) is 19.7 Å². The van der Waals surface area contributed by atoms with Crippen LogP contribution in [0.4, 0.5) is 0 Å². The normalized spacial score (nSPS) is 19.5. The second-order valence-electron chi connectivity index (χ2n) is 6.67. The summed E-state index contributed by atoms with van der Waals surface area (Å²) in [5.74, 6) is -0.118. The minimum Gasteiger partial charge on any atom is -0.318 e. The number of nitrogens with one attached hydrogen (secondary N) is 1. The molecule has 1 saturated heterocycles. The van der Waals surface area contributed by atoms with E-state index in [4.69, 9.17) is 0 Å². The van der Waals surface area contributed by atoms with Crippen LogP contribution < -0.4 is 5.32 Å². The summed E-state index contributed by atoms with van der Waals surface area (Å²) in [7, 11) is 0.